The summed E-state index contributed by atoms with van der Waals surface area (Å²) in [5, 5.41) is 0.382. The van der Waals surface area contributed by atoms with Crippen LogP contribution in [0.2, 0.25) is 0 Å². The van der Waals surface area contributed by atoms with Gasteiger partial charge in [0.1, 0.15) is 0 Å². The van der Waals surface area contributed by atoms with Crippen molar-refractivity contribution in [1.82, 2.24) is 0 Å². The van der Waals surface area contributed by atoms with Crippen molar-refractivity contribution in [2.24, 2.45) is 11.8 Å². The van der Waals surface area contributed by atoms with E-state index < -0.39 is 0 Å². The fourth-order valence-electron chi connectivity index (χ4n) is 3.64. The molecule has 0 saturated heterocycles. The molecule has 1 saturated carbocycles. The number of hydrogen-bond acceptors (Lipinski definition) is 0. The molecule has 2 rings (SSSR count). The first-order chi connectivity index (χ1) is 9.11. The van der Waals surface area contributed by atoms with Crippen LogP contribution < -0.4 is 0 Å². The zero-order valence-electron chi connectivity index (χ0n) is 12.6. The Morgan fingerprint density at radius 3 is 2.47 bits per heavy atom. The first kappa shape index (κ1) is 14.9. The third-order valence-corrected chi connectivity index (χ3v) is 5.38. The van der Waals surface area contributed by atoms with Crippen LogP contribution in [0.25, 0.3) is 0 Å². The van der Waals surface area contributed by atoms with Crippen LogP contribution >= 0.6 is 11.6 Å². The van der Waals surface area contributed by atoms with Crippen LogP contribution in [0.3, 0.4) is 0 Å². The SMILES string of the molecule is CCCC1CCC(Cl)C(Cc2c(C)cccc2C)C1. The lowest BCUT2D eigenvalue weighted by Crippen LogP contribution is -2.27. The van der Waals surface area contributed by atoms with Gasteiger partial charge in [-0.05, 0) is 68.1 Å². The molecule has 0 amide bonds. The van der Waals surface area contributed by atoms with Crippen molar-refractivity contribution >= 4 is 11.6 Å². The van der Waals surface area contributed by atoms with E-state index in [1.165, 1.54) is 55.2 Å². The minimum absolute atomic E-state index is 0.382. The lowest BCUT2D eigenvalue weighted by atomic mass is 9.76. The molecule has 3 atom stereocenters. The third kappa shape index (κ3) is 3.75. The van der Waals surface area contributed by atoms with Crippen molar-refractivity contribution < 1.29 is 0 Å². The van der Waals surface area contributed by atoms with Crippen LogP contribution in [0, 0.1) is 25.7 Å². The van der Waals surface area contributed by atoms with Gasteiger partial charge in [0, 0.05) is 5.38 Å². The highest BCUT2D eigenvalue weighted by Gasteiger charge is 2.29. The second-order valence-electron chi connectivity index (χ2n) is 6.32. The van der Waals surface area contributed by atoms with Crippen molar-refractivity contribution in [3.05, 3.63) is 34.9 Å². The van der Waals surface area contributed by atoms with Gasteiger partial charge in [-0.3, -0.25) is 0 Å². The normalized spacial score (nSPS) is 27.5. The molecule has 0 nitrogen and oxygen atoms in total. The number of hydrogen-bond donors (Lipinski definition) is 0. The molecule has 1 heteroatoms. The summed E-state index contributed by atoms with van der Waals surface area (Å²) in [4.78, 5) is 0. The van der Waals surface area contributed by atoms with Crippen molar-refractivity contribution in [2.75, 3.05) is 0 Å². The molecular formula is C18H27Cl. The summed E-state index contributed by atoms with van der Waals surface area (Å²) in [6.45, 7) is 6.77. The Balaban J connectivity index is 2.08. The topological polar surface area (TPSA) is 0 Å². The van der Waals surface area contributed by atoms with Crippen LogP contribution in [0.1, 0.15) is 55.7 Å². The quantitative estimate of drug-likeness (QED) is 0.623. The molecule has 0 aliphatic heterocycles. The maximum absolute atomic E-state index is 6.60. The van der Waals surface area contributed by atoms with E-state index >= 15 is 0 Å². The molecule has 0 aromatic heterocycles. The first-order valence-electron chi connectivity index (χ1n) is 7.81. The van der Waals surface area contributed by atoms with Crippen molar-refractivity contribution in [3.8, 4) is 0 Å². The van der Waals surface area contributed by atoms with E-state index in [-0.39, 0.29) is 0 Å². The Bertz CT molecular complexity index is 390. The van der Waals surface area contributed by atoms with E-state index in [2.05, 4.69) is 39.0 Å². The summed E-state index contributed by atoms with van der Waals surface area (Å²) >= 11 is 6.60. The van der Waals surface area contributed by atoms with E-state index in [4.69, 9.17) is 11.6 Å². The van der Waals surface area contributed by atoms with Gasteiger partial charge in [0.2, 0.25) is 0 Å². The molecule has 0 radical (unpaired) electrons. The van der Waals surface area contributed by atoms with Gasteiger partial charge in [-0.1, -0.05) is 38.0 Å². The Morgan fingerprint density at radius 1 is 1.16 bits per heavy atom. The van der Waals surface area contributed by atoms with Crippen LogP contribution in [-0.4, -0.2) is 5.38 Å². The molecule has 0 N–H and O–H groups in total. The summed E-state index contributed by atoms with van der Waals surface area (Å²) in [6, 6.07) is 6.63. The largest absolute Gasteiger partial charge is 0.123 e. The first-order valence-corrected chi connectivity index (χ1v) is 8.24. The molecule has 0 bridgehead atoms. The monoisotopic (exact) mass is 278 g/mol. The predicted octanol–water partition coefficient (Wildman–Crippen LogP) is 5.67. The minimum atomic E-state index is 0.382. The number of benzene rings is 1. The smallest absolute Gasteiger partial charge is 0.0367 e. The molecule has 0 heterocycles. The molecule has 106 valence electrons. The van der Waals surface area contributed by atoms with E-state index in [1.807, 2.05) is 0 Å². The van der Waals surface area contributed by atoms with E-state index in [0.717, 1.165) is 5.92 Å². The number of rotatable bonds is 4. The van der Waals surface area contributed by atoms with Gasteiger partial charge in [-0.2, -0.15) is 0 Å². The second-order valence-corrected chi connectivity index (χ2v) is 6.88. The van der Waals surface area contributed by atoms with Crippen LogP contribution in [0.5, 0.6) is 0 Å². The fourth-order valence-corrected chi connectivity index (χ4v) is 3.96. The standard InChI is InChI=1S/C18H27Cl/c1-4-6-15-9-10-18(19)16(11-15)12-17-13(2)7-5-8-14(17)3/h5,7-8,15-16,18H,4,6,9-12H2,1-3H3. The maximum Gasteiger partial charge on any atom is 0.0367 e. The van der Waals surface area contributed by atoms with Crippen molar-refractivity contribution in [3.63, 3.8) is 0 Å². The van der Waals surface area contributed by atoms with Gasteiger partial charge in [-0.25, -0.2) is 0 Å². The Kier molecular flexibility index (Phi) is 5.33. The zero-order chi connectivity index (χ0) is 13.8. The van der Waals surface area contributed by atoms with Gasteiger partial charge in [0.15, 0.2) is 0 Å². The average Bonchev–Trinajstić information content (AvgIpc) is 2.38. The summed E-state index contributed by atoms with van der Waals surface area (Å²) in [6.07, 6.45) is 7.75. The van der Waals surface area contributed by atoms with E-state index in [1.54, 1.807) is 0 Å². The Labute approximate surface area is 123 Å². The molecule has 1 fully saturated rings. The van der Waals surface area contributed by atoms with Crippen molar-refractivity contribution in [2.45, 2.75) is 64.7 Å². The highest BCUT2D eigenvalue weighted by atomic mass is 35.5. The van der Waals surface area contributed by atoms with Crippen LogP contribution in [0.4, 0.5) is 0 Å². The summed E-state index contributed by atoms with van der Waals surface area (Å²) in [5.74, 6) is 1.58. The molecule has 1 aliphatic rings. The predicted molar refractivity (Wildman–Crippen MR) is 85.0 cm³/mol. The summed E-state index contributed by atoms with van der Waals surface area (Å²) in [5.41, 5.74) is 4.40. The fraction of sp³-hybridized carbons (Fsp3) is 0.667. The third-order valence-electron chi connectivity index (χ3n) is 4.81. The average molecular weight is 279 g/mol. The zero-order valence-corrected chi connectivity index (χ0v) is 13.3. The van der Waals surface area contributed by atoms with Gasteiger partial charge in [0.05, 0.1) is 0 Å². The highest BCUT2D eigenvalue weighted by Crippen LogP contribution is 2.37. The Morgan fingerprint density at radius 2 is 1.84 bits per heavy atom. The highest BCUT2D eigenvalue weighted by molar-refractivity contribution is 6.20. The summed E-state index contributed by atoms with van der Waals surface area (Å²) in [7, 11) is 0. The minimum Gasteiger partial charge on any atom is -0.123 e. The molecule has 1 aromatic rings. The second kappa shape index (κ2) is 6.79. The molecule has 3 unspecified atom stereocenters. The molecule has 1 aromatic carbocycles. The number of aryl methyl sites for hydroxylation is 2. The Hall–Kier alpha value is -0.490. The van der Waals surface area contributed by atoms with Crippen LogP contribution in [-0.2, 0) is 6.42 Å². The van der Waals surface area contributed by atoms with Crippen LogP contribution in [0.15, 0.2) is 18.2 Å². The van der Waals surface area contributed by atoms with Gasteiger partial charge in [-0.15, -0.1) is 11.6 Å². The maximum atomic E-state index is 6.60. The summed E-state index contributed by atoms with van der Waals surface area (Å²) < 4.78 is 0. The van der Waals surface area contributed by atoms with Gasteiger partial charge in [0.25, 0.3) is 0 Å². The van der Waals surface area contributed by atoms with Gasteiger partial charge < -0.3 is 0 Å². The molecule has 0 spiro atoms. The lowest BCUT2D eigenvalue weighted by molar-refractivity contribution is 0.257. The van der Waals surface area contributed by atoms with E-state index in [0.29, 0.717) is 11.3 Å². The van der Waals surface area contributed by atoms with Gasteiger partial charge >= 0.3 is 0 Å². The van der Waals surface area contributed by atoms with Crippen molar-refractivity contribution in [1.29, 1.82) is 0 Å². The molecular weight excluding hydrogens is 252 g/mol. The molecule has 19 heavy (non-hydrogen) atoms. The number of alkyl halides is 1. The number of halogens is 1. The molecule has 1 aliphatic carbocycles. The lowest BCUT2D eigenvalue weighted by Gasteiger charge is -2.33. The van der Waals surface area contributed by atoms with E-state index in [9.17, 15) is 0 Å².